The van der Waals surface area contributed by atoms with E-state index in [0.29, 0.717) is 23.6 Å². The maximum absolute atomic E-state index is 11.8. The van der Waals surface area contributed by atoms with Crippen LogP contribution in [0.2, 0.25) is 0 Å². The van der Waals surface area contributed by atoms with Crippen molar-refractivity contribution < 1.29 is 24.4 Å². The van der Waals surface area contributed by atoms with Gasteiger partial charge in [-0.05, 0) is 38.7 Å². The van der Waals surface area contributed by atoms with Crippen LogP contribution in [-0.2, 0) is 32.0 Å². The minimum absolute atomic E-state index is 0.232. The number of ether oxygens (including phenoxy) is 3. The normalized spacial score (nSPS) is 32.3. The third kappa shape index (κ3) is 3.78. The highest BCUT2D eigenvalue weighted by molar-refractivity contribution is 5.28. The maximum atomic E-state index is 11.8. The predicted molar refractivity (Wildman–Crippen MR) is 108 cm³/mol. The molecule has 8 nitrogen and oxygen atoms in total. The van der Waals surface area contributed by atoms with Crippen LogP contribution in [0.1, 0.15) is 52.3 Å². The van der Waals surface area contributed by atoms with Crippen molar-refractivity contribution in [3.63, 3.8) is 0 Å². The molecule has 0 spiro atoms. The van der Waals surface area contributed by atoms with Gasteiger partial charge in [-0.15, -0.1) is 5.10 Å². The minimum Gasteiger partial charge on any atom is -0.384 e. The number of nitrogens with zero attached hydrogens (tertiary/aromatic N) is 3. The van der Waals surface area contributed by atoms with E-state index in [4.69, 9.17) is 14.2 Å². The molecule has 2 N–H and O–H groups in total. The second-order valence-electron chi connectivity index (χ2n) is 9.44. The van der Waals surface area contributed by atoms with E-state index < -0.39 is 35.5 Å². The lowest BCUT2D eigenvalue weighted by Gasteiger charge is -2.34. The summed E-state index contributed by atoms with van der Waals surface area (Å²) in [6, 6.07) is 9.34. The fourth-order valence-corrected chi connectivity index (χ4v) is 4.52. The van der Waals surface area contributed by atoms with Gasteiger partial charge >= 0.3 is 0 Å². The Morgan fingerprint density at radius 1 is 1.20 bits per heavy atom. The summed E-state index contributed by atoms with van der Waals surface area (Å²) in [6.07, 6.45) is 0.238. The first-order chi connectivity index (χ1) is 14.0. The number of aromatic nitrogens is 3. The molecule has 0 amide bonds. The van der Waals surface area contributed by atoms with Gasteiger partial charge in [0.2, 0.25) is 0 Å². The Bertz CT molecular complexity index is 882. The predicted octanol–water partition coefficient (Wildman–Crippen LogP) is 2.30. The molecular formula is C22H31N3O5. The van der Waals surface area contributed by atoms with Gasteiger partial charge in [-0.2, -0.15) is 0 Å². The molecule has 0 bridgehead atoms. The zero-order valence-electron chi connectivity index (χ0n) is 18.1. The van der Waals surface area contributed by atoms with Gasteiger partial charge in [0.15, 0.2) is 12.1 Å². The van der Waals surface area contributed by atoms with Crippen LogP contribution in [0.5, 0.6) is 0 Å². The zero-order chi connectivity index (χ0) is 21.7. The first-order valence-corrected chi connectivity index (χ1v) is 10.4. The molecule has 0 saturated carbocycles. The molecule has 0 radical (unpaired) electrons. The smallest absolute Gasteiger partial charge is 0.191 e. The van der Waals surface area contributed by atoms with Gasteiger partial charge in [0.1, 0.15) is 29.1 Å². The molecule has 2 aliphatic rings. The summed E-state index contributed by atoms with van der Waals surface area (Å²) >= 11 is 0. The van der Waals surface area contributed by atoms with Crippen LogP contribution in [0.3, 0.4) is 0 Å². The number of aliphatic hydroxyl groups is 2. The molecule has 2 saturated heterocycles. The number of hydrogen-bond acceptors (Lipinski definition) is 7. The quantitative estimate of drug-likeness (QED) is 0.744. The van der Waals surface area contributed by atoms with Crippen molar-refractivity contribution in [2.45, 2.75) is 83.1 Å². The maximum Gasteiger partial charge on any atom is 0.191 e. The van der Waals surface area contributed by atoms with Gasteiger partial charge < -0.3 is 24.4 Å². The van der Waals surface area contributed by atoms with Crippen molar-refractivity contribution in [1.82, 2.24) is 15.0 Å². The second kappa shape index (κ2) is 7.39. The third-order valence-corrected chi connectivity index (χ3v) is 5.77. The highest BCUT2D eigenvalue weighted by Gasteiger charge is 2.63. The van der Waals surface area contributed by atoms with Crippen LogP contribution in [0.15, 0.2) is 36.5 Å². The highest BCUT2D eigenvalue weighted by Crippen LogP contribution is 2.48. The molecule has 5 atom stereocenters. The van der Waals surface area contributed by atoms with Crippen molar-refractivity contribution in [2.75, 3.05) is 0 Å². The molecule has 2 aliphatic heterocycles. The zero-order valence-corrected chi connectivity index (χ0v) is 18.1. The lowest BCUT2D eigenvalue weighted by atomic mass is 9.84. The van der Waals surface area contributed by atoms with E-state index in [9.17, 15) is 10.2 Å². The lowest BCUT2D eigenvalue weighted by Crippen LogP contribution is -2.47. The molecule has 4 rings (SSSR count). The Morgan fingerprint density at radius 2 is 1.90 bits per heavy atom. The molecular weight excluding hydrogens is 386 g/mol. The molecule has 1 aromatic heterocycles. The third-order valence-electron chi connectivity index (χ3n) is 5.77. The number of benzene rings is 1. The van der Waals surface area contributed by atoms with Gasteiger partial charge in [-0.25, -0.2) is 4.68 Å². The summed E-state index contributed by atoms with van der Waals surface area (Å²) in [5.74, 6) is -0.539. The monoisotopic (exact) mass is 417 g/mol. The second-order valence-corrected chi connectivity index (χ2v) is 9.44. The molecule has 8 heteroatoms. The summed E-state index contributed by atoms with van der Waals surface area (Å²) in [7, 11) is 0. The van der Waals surface area contributed by atoms with Crippen LogP contribution in [0.4, 0.5) is 0 Å². The fourth-order valence-electron chi connectivity index (χ4n) is 4.52. The molecule has 2 fully saturated rings. The van der Waals surface area contributed by atoms with Gasteiger partial charge in [0.05, 0.1) is 12.7 Å². The summed E-state index contributed by atoms with van der Waals surface area (Å²) in [6.45, 7) is 9.67. The van der Waals surface area contributed by atoms with Crippen molar-refractivity contribution >= 4 is 0 Å². The molecule has 0 aliphatic carbocycles. The average Bonchev–Trinajstić information content (AvgIpc) is 3.30. The number of fused-ring (bicyclic) bond motifs is 1. The molecule has 2 aromatic rings. The van der Waals surface area contributed by atoms with Crippen LogP contribution >= 0.6 is 0 Å². The van der Waals surface area contributed by atoms with Crippen LogP contribution in [0.25, 0.3) is 0 Å². The van der Waals surface area contributed by atoms with E-state index in [1.807, 2.05) is 44.2 Å². The standard InChI is InChI=1S/C22H31N3O5/c1-14(2)11-21(5,26)16-12-25(24-23-16)13-17-22(27,15-9-7-6-8-10-15)18-19(28-17)30-20(3,4)29-18/h6-10,12,14,17-19,26-27H,11,13H2,1-5H3/t17-,18+,19-,21?,22-/m1/s1. The molecule has 164 valence electrons. The Labute approximate surface area is 176 Å². The summed E-state index contributed by atoms with van der Waals surface area (Å²) in [5.41, 5.74) is -1.32. The highest BCUT2D eigenvalue weighted by atomic mass is 16.8. The Hall–Kier alpha value is -1.84. The lowest BCUT2D eigenvalue weighted by molar-refractivity contribution is -0.233. The SMILES string of the molecule is CC(C)CC(C)(O)c1cn(C[C@H]2O[C@@H]3OC(C)(C)O[C@@H]3[C@@]2(O)c2ccccc2)nn1. The summed E-state index contributed by atoms with van der Waals surface area (Å²) in [4.78, 5) is 0. The summed E-state index contributed by atoms with van der Waals surface area (Å²) in [5, 5.41) is 30.9. The Kier molecular flexibility index (Phi) is 5.27. The minimum atomic E-state index is -1.42. The van der Waals surface area contributed by atoms with Gasteiger partial charge in [0, 0.05) is 0 Å². The fraction of sp³-hybridized carbons (Fsp3) is 0.636. The van der Waals surface area contributed by atoms with E-state index in [1.165, 1.54) is 0 Å². The van der Waals surface area contributed by atoms with Gasteiger partial charge in [0.25, 0.3) is 0 Å². The van der Waals surface area contributed by atoms with E-state index in [2.05, 4.69) is 10.3 Å². The molecule has 3 heterocycles. The van der Waals surface area contributed by atoms with E-state index in [0.717, 1.165) is 0 Å². The van der Waals surface area contributed by atoms with E-state index >= 15 is 0 Å². The first-order valence-electron chi connectivity index (χ1n) is 10.4. The Morgan fingerprint density at radius 3 is 2.57 bits per heavy atom. The van der Waals surface area contributed by atoms with Crippen LogP contribution in [-0.4, -0.2) is 49.5 Å². The molecule has 1 aromatic carbocycles. The molecule has 1 unspecified atom stereocenters. The van der Waals surface area contributed by atoms with E-state index in [-0.39, 0.29) is 6.54 Å². The van der Waals surface area contributed by atoms with Gasteiger partial charge in [-0.1, -0.05) is 49.4 Å². The largest absolute Gasteiger partial charge is 0.384 e. The summed E-state index contributed by atoms with van der Waals surface area (Å²) < 4.78 is 19.6. The van der Waals surface area contributed by atoms with Crippen molar-refractivity contribution in [3.8, 4) is 0 Å². The number of rotatable bonds is 6. The number of hydrogen-bond donors (Lipinski definition) is 2. The topological polar surface area (TPSA) is 98.9 Å². The average molecular weight is 418 g/mol. The van der Waals surface area contributed by atoms with Crippen molar-refractivity contribution in [3.05, 3.63) is 47.8 Å². The van der Waals surface area contributed by atoms with Crippen LogP contribution < -0.4 is 0 Å². The molecule has 30 heavy (non-hydrogen) atoms. The van der Waals surface area contributed by atoms with Crippen molar-refractivity contribution in [2.24, 2.45) is 5.92 Å². The Balaban J connectivity index is 1.61. The van der Waals surface area contributed by atoms with Crippen LogP contribution in [0, 0.1) is 5.92 Å². The van der Waals surface area contributed by atoms with E-state index in [1.54, 1.807) is 31.6 Å². The van der Waals surface area contributed by atoms with Crippen molar-refractivity contribution in [1.29, 1.82) is 0 Å². The van der Waals surface area contributed by atoms with Gasteiger partial charge in [-0.3, -0.25) is 0 Å². The first kappa shape index (κ1) is 21.4.